The molecule has 0 saturated carbocycles. The van der Waals surface area contributed by atoms with Crippen molar-refractivity contribution in [3.05, 3.63) is 55.5 Å². The summed E-state index contributed by atoms with van der Waals surface area (Å²) < 4.78 is 38.3. The number of amides is 1. The van der Waals surface area contributed by atoms with Crippen LogP contribution in [0.15, 0.2) is 23.6 Å². The predicted molar refractivity (Wildman–Crippen MR) is 76.1 cm³/mol. The summed E-state index contributed by atoms with van der Waals surface area (Å²) in [5.74, 6) is -0.841. The van der Waals surface area contributed by atoms with Crippen LogP contribution in [0.3, 0.4) is 0 Å². The molecular formula is C13H10F3N3O3S. The zero-order valence-corrected chi connectivity index (χ0v) is 12.5. The summed E-state index contributed by atoms with van der Waals surface area (Å²) in [6.07, 6.45) is -4.78. The van der Waals surface area contributed by atoms with Gasteiger partial charge in [0.15, 0.2) is 0 Å². The fraction of sp³-hybridized carbons (Fsp3) is 0.231. The Kier molecular flexibility index (Phi) is 4.64. The molecule has 2 rings (SSSR count). The van der Waals surface area contributed by atoms with Crippen LogP contribution in [0.2, 0.25) is 0 Å². The number of hydrogen-bond acceptors (Lipinski definition) is 5. The van der Waals surface area contributed by atoms with E-state index < -0.39 is 33.8 Å². The number of nitrogens with zero attached hydrogens (tertiary/aromatic N) is 2. The van der Waals surface area contributed by atoms with E-state index in [0.29, 0.717) is 17.1 Å². The van der Waals surface area contributed by atoms with Gasteiger partial charge in [0.25, 0.3) is 11.6 Å². The third-order valence-corrected chi connectivity index (χ3v) is 3.75. The third kappa shape index (κ3) is 4.25. The number of carbonyl (C=O) groups excluding carboxylic acids is 1. The number of rotatable bonds is 4. The van der Waals surface area contributed by atoms with Crippen molar-refractivity contribution < 1.29 is 22.9 Å². The molecular weight excluding hydrogens is 335 g/mol. The molecule has 0 aliphatic carbocycles. The van der Waals surface area contributed by atoms with E-state index in [1.54, 1.807) is 12.3 Å². The van der Waals surface area contributed by atoms with Gasteiger partial charge >= 0.3 is 6.18 Å². The summed E-state index contributed by atoms with van der Waals surface area (Å²) in [6.45, 7) is 1.79. The molecule has 0 atom stereocenters. The topological polar surface area (TPSA) is 85.1 Å². The monoisotopic (exact) mass is 345 g/mol. The predicted octanol–water partition coefficient (Wildman–Crippen LogP) is 3.31. The highest BCUT2D eigenvalue weighted by Crippen LogP contribution is 2.32. The second-order valence-electron chi connectivity index (χ2n) is 4.59. The van der Waals surface area contributed by atoms with E-state index in [1.165, 1.54) is 11.3 Å². The molecule has 0 spiro atoms. The highest BCUT2D eigenvalue weighted by atomic mass is 32.1. The molecule has 6 nitrogen and oxygen atoms in total. The van der Waals surface area contributed by atoms with Crippen LogP contribution in [0.25, 0.3) is 0 Å². The van der Waals surface area contributed by atoms with Crippen molar-refractivity contribution in [1.82, 2.24) is 10.3 Å². The highest BCUT2D eigenvalue weighted by Gasteiger charge is 2.33. The molecule has 10 heteroatoms. The molecule has 1 N–H and O–H groups in total. The molecule has 0 aliphatic heterocycles. The van der Waals surface area contributed by atoms with Crippen molar-refractivity contribution in [2.24, 2.45) is 0 Å². The van der Waals surface area contributed by atoms with Gasteiger partial charge in [0, 0.05) is 28.8 Å². The second-order valence-corrected chi connectivity index (χ2v) is 5.53. The number of hydrogen-bond donors (Lipinski definition) is 1. The van der Waals surface area contributed by atoms with Crippen LogP contribution in [-0.2, 0) is 12.7 Å². The van der Waals surface area contributed by atoms with Gasteiger partial charge in [-0.2, -0.15) is 13.2 Å². The minimum Gasteiger partial charge on any atom is -0.346 e. The van der Waals surface area contributed by atoms with E-state index in [4.69, 9.17) is 0 Å². The largest absolute Gasteiger partial charge is 0.416 e. The van der Waals surface area contributed by atoms with Crippen molar-refractivity contribution in [3.63, 3.8) is 0 Å². The number of non-ortho nitro benzene ring substituents is 1. The van der Waals surface area contributed by atoms with E-state index in [-0.39, 0.29) is 6.54 Å². The molecule has 0 fully saturated rings. The number of nitro benzene ring substituents is 1. The Hall–Kier alpha value is -2.49. The molecule has 1 aromatic heterocycles. The number of nitrogens with one attached hydrogen (secondary N) is 1. The van der Waals surface area contributed by atoms with Gasteiger partial charge in [0.2, 0.25) is 0 Å². The maximum Gasteiger partial charge on any atom is 0.416 e. The molecule has 1 amide bonds. The first-order valence-corrected chi connectivity index (χ1v) is 7.10. The van der Waals surface area contributed by atoms with Gasteiger partial charge in [-0.3, -0.25) is 14.9 Å². The Bertz CT molecular complexity index is 758. The lowest BCUT2D eigenvalue weighted by molar-refractivity contribution is -0.385. The summed E-state index contributed by atoms with van der Waals surface area (Å²) in [4.78, 5) is 25.8. The Morgan fingerprint density at radius 2 is 2.09 bits per heavy atom. The number of halogens is 3. The second kappa shape index (κ2) is 6.32. The first-order chi connectivity index (χ1) is 10.7. The van der Waals surface area contributed by atoms with Crippen LogP contribution >= 0.6 is 11.3 Å². The molecule has 2 aromatic rings. The van der Waals surface area contributed by atoms with Crippen molar-refractivity contribution in [1.29, 1.82) is 0 Å². The van der Waals surface area contributed by atoms with Crippen molar-refractivity contribution in [3.8, 4) is 0 Å². The Morgan fingerprint density at radius 3 is 2.61 bits per heavy atom. The van der Waals surface area contributed by atoms with E-state index >= 15 is 0 Å². The average molecular weight is 345 g/mol. The SMILES string of the molecule is Cc1csc(CNC(=O)c2cc([N+](=O)[O-])cc(C(F)(F)F)c2)n1. The van der Waals surface area contributed by atoms with Gasteiger partial charge in [-0.25, -0.2) is 4.98 Å². The molecule has 0 saturated heterocycles. The summed E-state index contributed by atoms with van der Waals surface area (Å²) in [5.41, 5.74) is -1.72. The van der Waals surface area contributed by atoms with Gasteiger partial charge in [-0.05, 0) is 13.0 Å². The zero-order valence-electron chi connectivity index (χ0n) is 11.7. The molecule has 23 heavy (non-hydrogen) atoms. The van der Waals surface area contributed by atoms with Crippen LogP contribution in [0.5, 0.6) is 0 Å². The van der Waals surface area contributed by atoms with E-state index in [2.05, 4.69) is 10.3 Å². The molecule has 0 aliphatic rings. The smallest absolute Gasteiger partial charge is 0.346 e. The van der Waals surface area contributed by atoms with Crippen LogP contribution in [0.4, 0.5) is 18.9 Å². The van der Waals surface area contributed by atoms with E-state index in [1.807, 2.05) is 0 Å². The summed E-state index contributed by atoms with van der Waals surface area (Å²) in [7, 11) is 0. The average Bonchev–Trinajstić information content (AvgIpc) is 2.89. The molecule has 0 radical (unpaired) electrons. The minimum absolute atomic E-state index is 0.0291. The van der Waals surface area contributed by atoms with Gasteiger partial charge in [0.1, 0.15) is 5.01 Å². The van der Waals surface area contributed by atoms with Crippen LogP contribution < -0.4 is 5.32 Å². The Labute approximate surface area is 132 Å². The molecule has 0 bridgehead atoms. The van der Waals surface area contributed by atoms with Gasteiger partial charge in [0.05, 0.1) is 17.0 Å². The lowest BCUT2D eigenvalue weighted by atomic mass is 10.1. The molecule has 1 heterocycles. The fourth-order valence-corrected chi connectivity index (χ4v) is 2.46. The van der Waals surface area contributed by atoms with Crippen LogP contribution in [0, 0.1) is 17.0 Å². The maximum atomic E-state index is 12.8. The highest BCUT2D eigenvalue weighted by molar-refractivity contribution is 7.09. The third-order valence-electron chi connectivity index (χ3n) is 2.78. The van der Waals surface area contributed by atoms with Gasteiger partial charge < -0.3 is 5.32 Å². The number of carbonyl (C=O) groups is 1. The maximum absolute atomic E-state index is 12.8. The summed E-state index contributed by atoms with van der Waals surface area (Å²) in [6, 6.07) is 1.77. The van der Waals surface area contributed by atoms with E-state index in [9.17, 15) is 28.1 Å². The van der Waals surface area contributed by atoms with E-state index in [0.717, 1.165) is 11.8 Å². The van der Waals surface area contributed by atoms with Crippen molar-refractivity contribution in [2.75, 3.05) is 0 Å². The molecule has 122 valence electrons. The number of aromatic nitrogens is 1. The van der Waals surface area contributed by atoms with Crippen molar-refractivity contribution in [2.45, 2.75) is 19.6 Å². The zero-order chi connectivity index (χ0) is 17.2. The fourth-order valence-electron chi connectivity index (χ4n) is 1.75. The molecule has 0 unspecified atom stereocenters. The van der Waals surface area contributed by atoms with Crippen LogP contribution in [0.1, 0.15) is 26.6 Å². The first kappa shape index (κ1) is 16.9. The minimum atomic E-state index is -4.78. The summed E-state index contributed by atoms with van der Waals surface area (Å²) in [5, 5.41) is 15.5. The number of aryl methyl sites for hydroxylation is 1. The summed E-state index contributed by atoms with van der Waals surface area (Å²) >= 11 is 1.29. The van der Waals surface area contributed by atoms with Crippen molar-refractivity contribution >= 4 is 22.9 Å². The Balaban J connectivity index is 2.24. The lowest BCUT2D eigenvalue weighted by Gasteiger charge is -2.09. The number of nitro groups is 1. The lowest BCUT2D eigenvalue weighted by Crippen LogP contribution is -2.23. The quantitative estimate of drug-likeness (QED) is 0.680. The van der Waals surface area contributed by atoms with Gasteiger partial charge in [-0.15, -0.1) is 11.3 Å². The molecule has 1 aromatic carbocycles. The first-order valence-electron chi connectivity index (χ1n) is 6.22. The number of thiazole rings is 1. The Morgan fingerprint density at radius 1 is 1.39 bits per heavy atom. The number of benzene rings is 1. The van der Waals surface area contributed by atoms with Gasteiger partial charge in [-0.1, -0.05) is 0 Å². The standard InChI is InChI=1S/C13H10F3N3O3S/c1-7-6-23-11(18-7)5-17-12(20)8-2-9(13(14,15)16)4-10(3-8)19(21)22/h2-4,6H,5H2,1H3,(H,17,20). The number of alkyl halides is 3. The normalized spacial score (nSPS) is 11.3. The van der Waals surface area contributed by atoms with Crippen LogP contribution in [-0.4, -0.2) is 15.8 Å².